The number of hydrogen-bond acceptors (Lipinski definition) is 3. The lowest BCUT2D eigenvalue weighted by atomic mass is 9.98. The van der Waals surface area contributed by atoms with Crippen LogP contribution in [0.4, 0.5) is 0 Å². The Bertz CT molecular complexity index is 653. The first-order chi connectivity index (χ1) is 11.9. The van der Waals surface area contributed by atoms with Crippen LogP contribution < -0.4 is 10.6 Å². The van der Waals surface area contributed by atoms with Crippen LogP contribution in [0.1, 0.15) is 31.2 Å². The summed E-state index contributed by atoms with van der Waals surface area (Å²) in [5, 5.41) is 6.74. The van der Waals surface area contributed by atoms with Crippen LogP contribution in [0.3, 0.4) is 0 Å². The van der Waals surface area contributed by atoms with E-state index in [-0.39, 0.29) is 0 Å². The molecule has 1 fully saturated rings. The minimum absolute atomic E-state index is 0.401. The van der Waals surface area contributed by atoms with Gasteiger partial charge in [0.05, 0.1) is 6.26 Å². The molecule has 7 heteroatoms. The second-order valence-corrected chi connectivity index (χ2v) is 8.73. The van der Waals surface area contributed by atoms with Crippen molar-refractivity contribution in [1.82, 2.24) is 14.9 Å². The van der Waals surface area contributed by atoms with Gasteiger partial charge in [0.2, 0.25) is 10.0 Å². The zero-order chi connectivity index (χ0) is 18.3. The van der Waals surface area contributed by atoms with Gasteiger partial charge in [0.25, 0.3) is 0 Å². The predicted molar refractivity (Wildman–Crippen MR) is 103 cm³/mol. The lowest BCUT2D eigenvalue weighted by molar-refractivity contribution is 0.275. The van der Waals surface area contributed by atoms with Crippen molar-refractivity contribution in [2.75, 3.05) is 39.5 Å². The molecule has 0 radical (unpaired) electrons. The van der Waals surface area contributed by atoms with Crippen molar-refractivity contribution in [3.8, 4) is 0 Å². The Morgan fingerprint density at radius 3 is 2.44 bits per heavy atom. The Morgan fingerprint density at radius 1 is 1.24 bits per heavy atom. The number of sulfonamides is 1. The smallest absolute Gasteiger partial charge is 0.211 e. The van der Waals surface area contributed by atoms with Crippen LogP contribution in [0.25, 0.3) is 0 Å². The van der Waals surface area contributed by atoms with Crippen molar-refractivity contribution in [3.05, 3.63) is 35.9 Å². The summed E-state index contributed by atoms with van der Waals surface area (Å²) in [6, 6.07) is 10.4. The van der Waals surface area contributed by atoms with Gasteiger partial charge >= 0.3 is 0 Å². The second-order valence-electron chi connectivity index (χ2n) is 6.75. The zero-order valence-corrected chi connectivity index (χ0v) is 16.2. The highest BCUT2D eigenvalue weighted by molar-refractivity contribution is 7.88. The molecule has 1 unspecified atom stereocenters. The van der Waals surface area contributed by atoms with Crippen LogP contribution in [0.5, 0.6) is 0 Å². The first-order valence-corrected chi connectivity index (χ1v) is 10.7. The van der Waals surface area contributed by atoms with Gasteiger partial charge in [0, 0.05) is 33.2 Å². The molecule has 140 valence electrons. The molecule has 0 aromatic heterocycles. The van der Waals surface area contributed by atoms with E-state index in [1.54, 1.807) is 11.4 Å². The van der Waals surface area contributed by atoms with Crippen LogP contribution in [0, 0.1) is 5.92 Å². The van der Waals surface area contributed by atoms with E-state index in [1.165, 1.54) is 11.8 Å². The molecular weight excluding hydrogens is 336 g/mol. The Hall–Kier alpha value is -1.60. The summed E-state index contributed by atoms with van der Waals surface area (Å²) in [5.74, 6) is 1.68. The molecule has 1 heterocycles. The molecule has 0 aliphatic carbocycles. The van der Waals surface area contributed by atoms with Crippen molar-refractivity contribution >= 4 is 16.0 Å². The minimum Gasteiger partial charge on any atom is -0.356 e. The van der Waals surface area contributed by atoms with Gasteiger partial charge in [0.1, 0.15) is 0 Å². The SMILES string of the molecule is CN=C(NCC1CCN(S(C)(=O)=O)CC1)NCC(C)c1ccccc1. The fraction of sp³-hybridized carbons (Fsp3) is 0.611. The van der Waals surface area contributed by atoms with Crippen LogP contribution in [-0.4, -0.2) is 58.2 Å². The molecule has 0 spiro atoms. The summed E-state index contributed by atoms with van der Waals surface area (Å²) in [6.45, 7) is 5.05. The van der Waals surface area contributed by atoms with Gasteiger partial charge < -0.3 is 10.6 Å². The monoisotopic (exact) mass is 366 g/mol. The highest BCUT2D eigenvalue weighted by atomic mass is 32.2. The van der Waals surface area contributed by atoms with Gasteiger partial charge in [-0.25, -0.2) is 12.7 Å². The highest BCUT2D eigenvalue weighted by Gasteiger charge is 2.24. The molecule has 2 rings (SSSR count). The Morgan fingerprint density at radius 2 is 1.88 bits per heavy atom. The van der Waals surface area contributed by atoms with Gasteiger partial charge in [-0.2, -0.15) is 0 Å². The lowest BCUT2D eigenvalue weighted by Crippen LogP contribution is -2.44. The first-order valence-electron chi connectivity index (χ1n) is 8.84. The zero-order valence-electron chi connectivity index (χ0n) is 15.4. The molecule has 1 aliphatic rings. The second kappa shape index (κ2) is 9.20. The largest absolute Gasteiger partial charge is 0.356 e. The maximum absolute atomic E-state index is 11.6. The predicted octanol–water partition coefficient (Wildman–Crippen LogP) is 1.63. The molecule has 0 amide bonds. The van der Waals surface area contributed by atoms with Gasteiger partial charge in [0.15, 0.2) is 5.96 Å². The third kappa shape index (κ3) is 6.32. The molecular formula is C18H30N4O2S. The standard InChI is InChI=1S/C18H30N4O2S/c1-15(17-7-5-4-6-8-17)13-20-18(19-2)21-14-16-9-11-22(12-10-16)25(3,23)24/h4-8,15-16H,9-14H2,1-3H3,(H2,19,20,21). The average Bonchev–Trinajstić information content (AvgIpc) is 2.62. The van der Waals surface area contributed by atoms with E-state index >= 15 is 0 Å². The summed E-state index contributed by atoms with van der Waals surface area (Å²) in [6.07, 6.45) is 3.06. The summed E-state index contributed by atoms with van der Waals surface area (Å²) in [5.41, 5.74) is 1.30. The molecule has 2 N–H and O–H groups in total. The van der Waals surface area contributed by atoms with Crippen LogP contribution in [0.2, 0.25) is 0 Å². The molecule has 1 saturated heterocycles. The number of rotatable bonds is 6. The fourth-order valence-corrected chi connectivity index (χ4v) is 3.93. The van der Waals surface area contributed by atoms with E-state index in [1.807, 2.05) is 6.07 Å². The van der Waals surface area contributed by atoms with Crippen molar-refractivity contribution in [2.24, 2.45) is 10.9 Å². The first kappa shape index (κ1) is 19.7. The van der Waals surface area contributed by atoms with Crippen LogP contribution >= 0.6 is 0 Å². The quantitative estimate of drug-likeness (QED) is 0.593. The number of hydrogen-bond donors (Lipinski definition) is 2. The number of guanidine groups is 1. The Labute approximate surface area is 151 Å². The summed E-state index contributed by atoms with van der Waals surface area (Å²) >= 11 is 0. The summed E-state index contributed by atoms with van der Waals surface area (Å²) in [4.78, 5) is 4.28. The third-order valence-corrected chi connectivity index (χ3v) is 6.07. The normalized spacial score (nSPS) is 18.8. The molecule has 0 saturated carbocycles. The van der Waals surface area contributed by atoms with Crippen molar-refractivity contribution < 1.29 is 8.42 Å². The molecule has 1 aromatic rings. The number of aliphatic imine (C=N–C) groups is 1. The van der Waals surface area contributed by atoms with Gasteiger partial charge in [-0.3, -0.25) is 4.99 Å². The average molecular weight is 367 g/mol. The van der Waals surface area contributed by atoms with E-state index in [9.17, 15) is 8.42 Å². The number of benzene rings is 1. The molecule has 25 heavy (non-hydrogen) atoms. The highest BCUT2D eigenvalue weighted by Crippen LogP contribution is 2.18. The molecule has 1 aliphatic heterocycles. The molecule has 1 atom stereocenters. The van der Waals surface area contributed by atoms with Crippen molar-refractivity contribution in [3.63, 3.8) is 0 Å². The number of nitrogens with one attached hydrogen (secondary N) is 2. The van der Waals surface area contributed by atoms with Gasteiger partial charge in [-0.15, -0.1) is 0 Å². The molecule has 6 nitrogen and oxygen atoms in total. The Balaban J connectivity index is 1.72. The number of nitrogens with zero attached hydrogens (tertiary/aromatic N) is 2. The van der Waals surface area contributed by atoms with Crippen LogP contribution in [-0.2, 0) is 10.0 Å². The van der Waals surface area contributed by atoms with Crippen LogP contribution in [0.15, 0.2) is 35.3 Å². The van der Waals surface area contributed by atoms with Gasteiger partial charge in [-0.1, -0.05) is 37.3 Å². The maximum atomic E-state index is 11.6. The Kier molecular flexibility index (Phi) is 7.25. The summed E-state index contributed by atoms with van der Waals surface area (Å²) < 4.78 is 24.7. The van der Waals surface area contributed by atoms with E-state index in [4.69, 9.17) is 0 Å². The van der Waals surface area contributed by atoms with E-state index in [0.717, 1.165) is 31.9 Å². The number of piperidine rings is 1. The van der Waals surface area contributed by atoms with E-state index in [0.29, 0.717) is 24.9 Å². The molecule has 1 aromatic carbocycles. The minimum atomic E-state index is -3.05. The maximum Gasteiger partial charge on any atom is 0.211 e. The van der Waals surface area contributed by atoms with Gasteiger partial charge in [-0.05, 0) is 30.2 Å². The third-order valence-electron chi connectivity index (χ3n) is 4.77. The van der Waals surface area contributed by atoms with E-state index in [2.05, 4.69) is 46.8 Å². The molecule has 0 bridgehead atoms. The fourth-order valence-electron chi connectivity index (χ4n) is 3.06. The topological polar surface area (TPSA) is 73.8 Å². The summed E-state index contributed by atoms with van der Waals surface area (Å²) in [7, 11) is -1.28. The lowest BCUT2D eigenvalue weighted by Gasteiger charge is -2.30. The van der Waals surface area contributed by atoms with Crippen molar-refractivity contribution in [2.45, 2.75) is 25.7 Å². The van der Waals surface area contributed by atoms with Crippen molar-refractivity contribution in [1.29, 1.82) is 0 Å². The van der Waals surface area contributed by atoms with E-state index < -0.39 is 10.0 Å².